The molecule has 0 heterocycles. The second kappa shape index (κ2) is 5.39. The molecule has 0 fully saturated rings. The van der Waals surface area contributed by atoms with Crippen LogP contribution in [0.2, 0.25) is 10.0 Å². The van der Waals surface area contributed by atoms with Crippen molar-refractivity contribution in [2.45, 2.75) is 0 Å². The molecule has 92 valence electrons. The van der Waals surface area contributed by atoms with E-state index in [1.165, 1.54) is 24.3 Å². The van der Waals surface area contributed by atoms with E-state index in [4.69, 9.17) is 23.2 Å². The van der Waals surface area contributed by atoms with Gasteiger partial charge in [-0.15, -0.1) is 0 Å². The predicted molar refractivity (Wildman–Crippen MR) is 74.0 cm³/mol. The molecule has 0 amide bonds. The van der Waals surface area contributed by atoms with Crippen LogP contribution in [-0.4, -0.2) is 5.78 Å². The standard InChI is InChI=1S/C13H6BrCl2FO/c14-8-4-1-3-7(12(8)17)13(18)11-9(15)5-2-6-10(11)16/h1-6H. The van der Waals surface area contributed by atoms with Crippen LogP contribution in [0.15, 0.2) is 40.9 Å². The Labute approximate surface area is 122 Å². The number of rotatable bonds is 2. The van der Waals surface area contributed by atoms with Crippen molar-refractivity contribution < 1.29 is 9.18 Å². The van der Waals surface area contributed by atoms with Gasteiger partial charge in [-0.1, -0.05) is 35.3 Å². The van der Waals surface area contributed by atoms with Crippen molar-refractivity contribution in [3.63, 3.8) is 0 Å². The lowest BCUT2D eigenvalue weighted by atomic mass is 10.0. The smallest absolute Gasteiger partial charge is 0.199 e. The third-order valence-electron chi connectivity index (χ3n) is 2.39. The minimum Gasteiger partial charge on any atom is -0.288 e. The summed E-state index contributed by atoms with van der Waals surface area (Å²) in [4.78, 5) is 12.2. The number of halogens is 4. The minimum atomic E-state index is -0.626. The number of hydrogen-bond acceptors (Lipinski definition) is 1. The van der Waals surface area contributed by atoms with Gasteiger partial charge in [0, 0.05) is 0 Å². The molecule has 0 aliphatic heterocycles. The topological polar surface area (TPSA) is 17.1 Å². The molecule has 0 radical (unpaired) electrons. The molecule has 1 nitrogen and oxygen atoms in total. The molecule has 0 saturated carbocycles. The summed E-state index contributed by atoms with van der Waals surface area (Å²) in [5, 5.41) is 0.402. The van der Waals surface area contributed by atoms with Crippen molar-refractivity contribution in [2.75, 3.05) is 0 Å². The van der Waals surface area contributed by atoms with Crippen LogP contribution in [0, 0.1) is 5.82 Å². The monoisotopic (exact) mass is 346 g/mol. The molecule has 0 saturated heterocycles. The van der Waals surface area contributed by atoms with E-state index in [1.807, 2.05) is 0 Å². The van der Waals surface area contributed by atoms with Crippen molar-refractivity contribution in [1.29, 1.82) is 0 Å². The Balaban J connectivity index is 2.59. The molecule has 18 heavy (non-hydrogen) atoms. The quantitative estimate of drug-likeness (QED) is 0.688. The normalized spacial score (nSPS) is 10.4. The molecular weight excluding hydrogens is 342 g/mol. The highest BCUT2D eigenvalue weighted by Crippen LogP contribution is 2.29. The van der Waals surface area contributed by atoms with Gasteiger partial charge in [-0.3, -0.25) is 4.79 Å². The first kappa shape index (κ1) is 13.5. The Morgan fingerprint density at radius 1 is 1.06 bits per heavy atom. The van der Waals surface area contributed by atoms with E-state index in [-0.39, 0.29) is 25.6 Å². The van der Waals surface area contributed by atoms with E-state index in [0.717, 1.165) is 0 Å². The van der Waals surface area contributed by atoms with Crippen molar-refractivity contribution in [3.05, 3.63) is 67.9 Å². The van der Waals surface area contributed by atoms with E-state index in [1.54, 1.807) is 12.1 Å². The Bertz CT molecular complexity index is 608. The van der Waals surface area contributed by atoms with Gasteiger partial charge >= 0.3 is 0 Å². The van der Waals surface area contributed by atoms with E-state index in [9.17, 15) is 9.18 Å². The van der Waals surface area contributed by atoms with Gasteiger partial charge in [-0.25, -0.2) is 4.39 Å². The Morgan fingerprint density at radius 3 is 2.22 bits per heavy atom. The fourth-order valence-corrected chi connectivity index (χ4v) is 2.46. The summed E-state index contributed by atoms with van der Waals surface area (Å²) in [5.41, 5.74) is 0.0391. The number of hydrogen-bond donors (Lipinski definition) is 0. The van der Waals surface area contributed by atoms with Crippen molar-refractivity contribution >= 4 is 44.9 Å². The number of carbonyl (C=O) groups is 1. The van der Waals surface area contributed by atoms with Crippen LogP contribution in [0.25, 0.3) is 0 Å². The Morgan fingerprint density at radius 2 is 1.61 bits per heavy atom. The fourth-order valence-electron chi connectivity index (χ4n) is 1.53. The van der Waals surface area contributed by atoms with Gasteiger partial charge in [0.15, 0.2) is 5.78 Å². The maximum absolute atomic E-state index is 13.8. The van der Waals surface area contributed by atoms with Gasteiger partial charge in [0.25, 0.3) is 0 Å². The maximum Gasteiger partial charge on any atom is 0.199 e. The summed E-state index contributed by atoms with van der Waals surface area (Å²) >= 11 is 14.9. The van der Waals surface area contributed by atoms with E-state index in [0.29, 0.717) is 0 Å². The Kier molecular flexibility index (Phi) is 4.05. The fraction of sp³-hybridized carbons (Fsp3) is 0. The minimum absolute atomic E-state index is 0.0700. The summed E-state index contributed by atoms with van der Waals surface area (Å²) in [5.74, 6) is -1.16. The van der Waals surface area contributed by atoms with Crippen molar-refractivity contribution in [3.8, 4) is 0 Å². The second-order valence-electron chi connectivity index (χ2n) is 3.53. The van der Waals surface area contributed by atoms with Gasteiger partial charge in [-0.2, -0.15) is 0 Å². The number of benzene rings is 2. The van der Waals surface area contributed by atoms with E-state index in [2.05, 4.69) is 15.9 Å². The van der Waals surface area contributed by atoms with Crippen LogP contribution >= 0.6 is 39.1 Å². The van der Waals surface area contributed by atoms with Crippen LogP contribution in [0.5, 0.6) is 0 Å². The average molecular weight is 348 g/mol. The molecule has 0 spiro atoms. The molecule has 0 aliphatic rings. The summed E-state index contributed by atoms with van der Waals surface area (Å²) in [6.45, 7) is 0. The molecule has 5 heteroatoms. The molecule has 0 N–H and O–H groups in total. The van der Waals surface area contributed by atoms with Crippen molar-refractivity contribution in [2.24, 2.45) is 0 Å². The number of ketones is 1. The van der Waals surface area contributed by atoms with Crippen LogP contribution in [0.4, 0.5) is 4.39 Å². The largest absolute Gasteiger partial charge is 0.288 e. The lowest BCUT2D eigenvalue weighted by Gasteiger charge is -2.07. The molecule has 0 atom stereocenters. The highest BCUT2D eigenvalue weighted by Gasteiger charge is 2.20. The molecule has 0 bridgehead atoms. The maximum atomic E-state index is 13.8. The molecule has 2 aromatic rings. The van der Waals surface area contributed by atoms with Crippen LogP contribution < -0.4 is 0 Å². The number of carbonyl (C=O) groups excluding carboxylic acids is 1. The zero-order chi connectivity index (χ0) is 13.3. The molecule has 0 aliphatic carbocycles. The highest BCUT2D eigenvalue weighted by atomic mass is 79.9. The SMILES string of the molecule is O=C(c1cccc(Br)c1F)c1c(Cl)cccc1Cl. The zero-order valence-corrected chi connectivity index (χ0v) is 12.0. The van der Waals surface area contributed by atoms with Gasteiger partial charge in [0.1, 0.15) is 5.82 Å². The zero-order valence-electron chi connectivity index (χ0n) is 8.88. The first-order chi connectivity index (χ1) is 8.52. The predicted octanol–water partition coefficient (Wildman–Crippen LogP) is 5.13. The summed E-state index contributed by atoms with van der Waals surface area (Å²) in [6.07, 6.45) is 0. The van der Waals surface area contributed by atoms with Crippen LogP contribution in [-0.2, 0) is 0 Å². The van der Waals surface area contributed by atoms with Gasteiger partial charge < -0.3 is 0 Å². The van der Waals surface area contributed by atoms with Gasteiger partial charge in [0.2, 0.25) is 0 Å². The average Bonchev–Trinajstić information content (AvgIpc) is 2.32. The second-order valence-corrected chi connectivity index (χ2v) is 5.20. The van der Waals surface area contributed by atoms with Crippen molar-refractivity contribution in [1.82, 2.24) is 0 Å². The summed E-state index contributed by atoms with van der Waals surface area (Å²) < 4.78 is 14.1. The van der Waals surface area contributed by atoms with E-state index < -0.39 is 11.6 Å². The van der Waals surface area contributed by atoms with E-state index >= 15 is 0 Å². The Hall–Kier alpha value is -0.900. The highest BCUT2D eigenvalue weighted by molar-refractivity contribution is 9.10. The third-order valence-corrected chi connectivity index (χ3v) is 3.63. The van der Waals surface area contributed by atoms with Gasteiger partial charge in [0.05, 0.1) is 25.6 Å². The first-order valence-electron chi connectivity index (χ1n) is 4.95. The first-order valence-corrected chi connectivity index (χ1v) is 6.50. The summed E-state index contributed by atoms with van der Waals surface area (Å²) in [7, 11) is 0. The molecule has 0 aromatic heterocycles. The summed E-state index contributed by atoms with van der Waals surface area (Å²) in [6, 6.07) is 9.18. The molecule has 0 unspecified atom stereocenters. The lowest BCUT2D eigenvalue weighted by Crippen LogP contribution is -2.06. The van der Waals surface area contributed by atoms with Crippen LogP contribution in [0.1, 0.15) is 15.9 Å². The third kappa shape index (κ3) is 2.44. The van der Waals surface area contributed by atoms with Gasteiger partial charge in [-0.05, 0) is 40.2 Å². The molecule has 2 rings (SSSR count). The van der Waals surface area contributed by atoms with Crippen LogP contribution in [0.3, 0.4) is 0 Å². The molecule has 2 aromatic carbocycles. The molecular formula is C13H6BrCl2FO. The lowest BCUT2D eigenvalue weighted by molar-refractivity contribution is 0.103.